The Bertz CT molecular complexity index is 716. The molecule has 0 saturated heterocycles. The summed E-state index contributed by atoms with van der Waals surface area (Å²) in [5.41, 5.74) is 0.854. The van der Waals surface area contributed by atoms with Gasteiger partial charge in [-0.3, -0.25) is 4.79 Å². The van der Waals surface area contributed by atoms with Crippen molar-refractivity contribution in [2.45, 2.75) is 25.4 Å². The van der Waals surface area contributed by atoms with Gasteiger partial charge in [-0.05, 0) is 31.5 Å². The van der Waals surface area contributed by atoms with E-state index < -0.39 is 6.10 Å². The third-order valence-corrected chi connectivity index (χ3v) is 3.84. The fourth-order valence-corrected chi connectivity index (χ4v) is 2.67. The number of ether oxygens (including phenoxy) is 3. The van der Waals surface area contributed by atoms with E-state index in [0.29, 0.717) is 18.8 Å². The Morgan fingerprint density at radius 3 is 2.96 bits per heavy atom. The summed E-state index contributed by atoms with van der Waals surface area (Å²) in [6, 6.07) is 13.4. The summed E-state index contributed by atoms with van der Waals surface area (Å²) in [4.78, 5) is 12.4. The van der Waals surface area contributed by atoms with Crippen molar-refractivity contribution in [2.24, 2.45) is 0 Å². The zero-order chi connectivity index (χ0) is 16.9. The molecule has 0 saturated carbocycles. The van der Waals surface area contributed by atoms with Gasteiger partial charge in [-0.15, -0.1) is 0 Å². The number of fused-ring (bicyclic) bond motifs is 1. The number of para-hydroxylation sites is 1. The number of carbonyl (C=O) groups excluding carboxylic acids is 1. The van der Waals surface area contributed by atoms with Crippen molar-refractivity contribution in [3.05, 3.63) is 59.9 Å². The van der Waals surface area contributed by atoms with E-state index in [-0.39, 0.29) is 24.3 Å². The fourth-order valence-electron chi connectivity index (χ4n) is 2.67. The van der Waals surface area contributed by atoms with Gasteiger partial charge in [-0.2, -0.15) is 0 Å². The smallest absolute Gasteiger partial charge is 0.314 e. The Kier molecular flexibility index (Phi) is 4.99. The Hall–Kier alpha value is -2.56. The van der Waals surface area contributed by atoms with Crippen molar-refractivity contribution >= 4 is 5.97 Å². The molecule has 2 aromatic rings. The first kappa shape index (κ1) is 16.3. The first-order valence-electron chi connectivity index (χ1n) is 7.94. The van der Waals surface area contributed by atoms with Crippen LogP contribution < -0.4 is 9.47 Å². The molecule has 126 valence electrons. The highest BCUT2D eigenvalue weighted by atomic mass is 19.1. The standard InChI is InChI=1S/C19H19FO4/c1-13(12-23-15-6-4-5-14(20)11-15)24-19(21)17-9-10-22-18-8-3-2-7-16(17)18/h2-8,11,13,17H,9-10,12H2,1H3. The number of benzene rings is 2. The van der Waals surface area contributed by atoms with Gasteiger partial charge < -0.3 is 14.2 Å². The zero-order valence-electron chi connectivity index (χ0n) is 13.4. The largest absolute Gasteiger partial charge is 0.493 e. The van der Waals surface area contributed by atoms with Crippen molar-refractivity contribution < 1.29 is 23.4 Å². The van der Waals surface area contributed by atoms with Crippen LogP contribution in [0.25, 0.3) is 0 Å². The number of hydrogen-bond donors (Lipinski definition) is 0. The van der Waals surface area contributed by atoms with Gasteiger partial charge >= 0.3 is 5.97 Å². The zero-order valence-corrected chi connectivity index (χ0v) is 13.4. The Balaban J connectivity index is 1.57. The minimum Gasteiger partial charge on any atom is -0.493 e. The van der Waals surface area contributed by atoms with Crippen LogP contribution in [0.15, 0.2) is 48.5 Å². The number of carbonyl (C=O) groups is 1. The Labute approximate surface area is 140 Å². The SMILES string of the molecule is CC(COc1cccc(F)c1)OC(=O)C1CCOc2ccccc21. The highest BCUT2D eigenvalue weighted by Gasteiger charge is 2.29. The highest BCUT2D eigenvalue weighted by Crippen LogP contribution is 2.34. The molecule has 4 nitrogen and oxygen atoms in total. The van der Waals surface area contributed by atoms with Crippen molar-refractivity contribution in [3.63, 3.8) is 0 Å². The molecule has 0 aliphatic carbocycles. The lowest BCUT2D eigenvalue weighted by Crippen LogP contribution is -2.28. The van der Waals surface area contributed by atoms with E-state index in [0.717, 1.165) is 11.3 Å². The molecule has 0 aromatic heterocycles. The molecule has 0 amide bonds. The summed E-state index contributed by atoms with van der Waals surface area (Å²) in [7, 11) is 0. The monoisotopic (exact) mass is 330 g/mol. The predicted molar refractivity (Wildman–Crippen MR) is 86.7 cm³/mol. The van der Waals surface area contributed by atoms with E-state index in [1.54, 1.807) is 19.1 Å². The predicted octanol–water partition coefficient (Wildman–Crippen LogP) is 3.70. The van der Waals surface area contributed by atoms with E-state index in [2.05, 4.69) is 0 Å². The lowest BCUT2D eigenvalue weighted by atomic mass is 9.93. The van der Waals surface area contributed by atoms with Crippen LogP contribution in [-0.4, -0.2) is 25.3 Å². The lowest BCUT2D eigenvalue weighted by molar-refractivity contribution is -0.152. The number of rotatable bonds is 5. The molecule has 1 aliphatic rings. The van der Waals surface area contributed by atoms with E-state index in [1.165, 1.54) is 12.1 Å². The minimum atomic E-state index is -0.434. The Morgan fingerprint density at radius 1 is 1.29 bits per heavy atom. The summed E-state index contributed by atoms with van der Waals surface area (Å²) >= 11 is 0. The fraction of sp³-hybridized carbons (Fsp3) is 0.316. The lowest BCUT2D eigenvalue weighted by Gasteiger charge is -2.25. The summed E-state index contributed by atoms with van der Waals surface area (Å²) in [5, 5.41) is 0. The van der Waals surface area contributed by atoms with E-state index in [4.69, 9.17) is 14.2 Å². The number of halogens is 1. The van der Waals surface area contributed by atoms with Gasteiger partial charge in [0.05, 0.1) is 12.5 Å². The van der Waals surface area contributed by atoms with Crippen LogP contribution in [0.1, 0.15) is 24.8 Å². The molecule has 2 atom stereocenters. The molecule has 0 bridgehead atoms. The van der Waals surface area contributed by atoms with Crippen LogP contribution in [0.3, 0.4) is 0 Å². The van der Waals surface area contributed by atoms with Gasteiger partial charge in [0.25, 0.3) is 0 Å². The van der Waals surface area contributed by atoms with Crippen molar-refractivity contribution in [3.8, 4) is 11.5 Å². The highest BCUT2D eigenvalue weighted by molar-refractivity contribution is 5.79. The second-order valence-corrected chi connectivity index (χ2v) is 5.74. The average molecular weight is 330 g/mol. The van der Waals surface area contributed by atoms with Gasteiger partial charge in [-0.25, -0.2) is 4.39 Å². The summed E-state index contributed by atoms with van der Waals surface area (Å²) < 4.78 is 29.6. The van der Waals surface area contributed by atoms with Gasteiger partial charge in [0.15, 0.2) is 0 Å². The maximum Gasteiger partial charge on any atom is 0.314 e. The molecular formula is C19H19FO4. The summed E-state index contributed by atoms with van der Waals surface area (Å²) in [6.45, 7) is 2.41. The maximum absolute atomic E-state index is 13.1. The molecule has 0 N–H and O–H groups in total. The van der Waals surface area contributed by atoms with Crippen LogP contribution in [0.4, 0.5) is 4.39 Å². The third kappa shape index (κ3) is 3.85. The second-order valence-electron chi connectivity index (χ2n) is 5.74. The Morgan fingerprint density at radius 2 is 2.12 bits per heavy atom. The summed E-state index contributed by atoms with van der Waals surface area (Å²) in [6.07, 6.45) is 0.156. The molecule has 5 heteroatoms. The van der Waals surface area contributed by atoms with Gasteiger partial charge in [0, 0.05) is 11.6 Å². The van der Waals surface area contributed by atoms with Crippen molar-refractivity contribution in [1.82, 2.24) is 0 Å². The first-order chi connectivity index (χ1) is 11.6. The van der Waals surface area contributed by atoms with E-state index in [9.17, 15) is 9.18 Å². The van der Waals surface area contributed by atoms with Crippen LogP contribution in [0.2, 0.25) is 0 Å². The first-order valence-corrected chi connectivity index (χ1v) is 7.94. The molecule has 0 fully saturated rings. The number of esters is 1. The molecule has 0 spiro atoms. The van der Waals surface area contributed by atoms with Crippen molar-refractivity contribution in [2.75, 3.05) is 13.2 Å². The molecule has 1 heterocycles. The molecular weight excluding hydrogens is 311 g/mol. The minimum absolute atomic E-state index is 0.167. The van der Waals surface area contributed by atoms with E-state index in [1.807, 2.05) is 24.3 Å². The van der Waals surface area contributed by atoms with Crippen LogP contribution >= 0.6 is 0 Å². The second kappa shape index (κ2) is 7.34. The average Bonchev–Trinajstić information content (AvgIpc) is 2.59. The van der Waals surface area contributed by atoms with Crippen molar-refractivity contribution in [1.29, 1.82) is 0 Å². The van der Waals surface area contributed by atoms with Gasteiger partial charge in [0.1, 0.15) is 30.0 Å². The molecule has 3 rings (SSSR count). The van der Waals surface area contributed by atoms with Crippen LogP contribution in [0, 0.1) is 5.82 Å². The normalized spacial score (nSPS) is 17.3. The van der Waals surface area contributed by atoms with Gasteiger partial charge in [0.2, 0.25) is 0 Å². The molecule has 0 radical (unpaired) electrons. The third-order valence-electron chi connectivity index (χ3n) is 3.84. The van der Waals surface area contributed by atoms with Crippen LogP contribution in [0.5, 0.6) is 11.5 Å². The molecule has 1 aliphatic heterocycles. The maximum atomic E-state index is 13.1. The topological polar surface area (TPSA) is 44.8 Å². The molecule has 2 unspecified atom stereocenters. The molecule has 24 heavy (non-hydrogen) atoms. The van der Waals surface area contributed by atoms with Gasteiger partial charge in [-0.1, -0.05) is 24.3 Å². The van der Waals surface area contributed by atoms with E-state index >= 15 is 0 Å². The van der Waals surface area contributed by atoms with Crippen LogP contribution in [-0.2, 0) is 9.53 Å². The summed E-state index contributed by atoms with van der Waals surface area (Å²) in [5.74, 6) is 0.160. The quantitative estimate of drug-likeness (QED) is 0.784. The number of hydrogen-bond acceptors (Lipinski definition) is 4. The molecule has 2 aromatic carbocycles.